The van der Waals surface area contributed by atoms with Crippen molar-refractivity contribution in [1.29, 1.82) is 0 Å². The van der Waals surface area contributed by atoms with E-state index in [2.05, 4.69) is 0 Å². The van der Waals surface area contributed by atoms with Crippen LogP contribution in [-0.4, -0.2) is 31.6 Å². The molecule has 1 aromatic rings. The Bertz CT molecular complexity index is 574. The van der Waals surface area contributed by atoms with Gasteiger partial charge < -0.3 is 4.74 Å². The van der Waals surface area contributed by atoms with Crippen molar-refractivity contribution in [1.82, 2.24) is 4.31 Å². The zero-order chi connectivity index (χ0) is 13.3. The van der Waals surface area contributed by atoms with Crippen LogP contribution in [0.2, 0.25) is 0 Å². The molecular formula is C11H11NO5S. The summed E-state index contributed by atoms with van der Waals surface area (Å²) in [6.07, 6.45) is -0.123. The van der Waals surface area contributed by atoms with E-state index in [9.17, 15) is 18.0 Å². The molecule has 1 aliphatic heterocycles. The predicted octanol–water partition coefficient (Wildman–Crippen LogP) is 0.533. The Morgan fingerprint density at radius 2 is 1.56 bits per heavy atom. The number of amides is 2. The zero-order valence-corrected chi connectivity index (χ0v) is 10.4. The predicted molar refractivity (Wildman–Crippen MR) is 61.3 cm³/mol. The van der Waals surface area contributed by atoms with E-state index in [-0.39, 0.29) is 17.7 Å². The second-order valence-corrected chi connectivity index (χ2v) is 5.52. The summed E-state index contributed by atoms with van der Waals surface area (Å²) in [6.45, 7) is 0. The van der Waals surface area contributed by atoms with Crippen molar-refractivity contribution >= 4 is 21.8 Å². The van der Waals surface area contributed by atoms with Gasteiger partial charge in [-0.2, -0.15) is 4.31 Å². The number of rotatable bonds is 3. The van der Waals surface area contributed by atoms with Crippen molar-refractivity contribution in [3.63, 3.8) is 0 Å². The Labute approximate surface area is 104 Å². The first-order valence-electron chi connectivity index (χ1n) is 5.22. The lowest BCUT2D eigenvalue weighted by Gasteiger charge is -2.14. The van der Waals surface area contributed by atoms with E-state index in [1.165, 1.54) is 31.4 Å². The van der Waals surface area contributed by atoms with Gasteiger partial charge in [0, 0.05) is 12.8 Å². The third-order valence-corrected chi connectivity index (χ3v) is 4.36. The molecule has 7 heteroatoms. The van der Waals surface area contributed by atoms with E-state index >= 15 is 0 Å². The highest BCUT2D eigenvalue weighted by molar-refractivity contribution is 7.90. The van der Waals surface area contributed by atoms with E-state index in [1.54, 1.807) is 0 Å². The van der Waals surface area contributed by atoms with Gasteiger partial charge in [0.05, 0.1) is 12.0 Å². The number of carbonyl (C=O) groups is 2. The second kappa shape index (κ2) is 4.41. The summed E-state index contributed by atoms with van der Waals surface area (Å²) in [5.74, 6) is -0.875. The fourth-order valence-corrected chi connectivity index (χ4v) is 3.09. The minimum atomic E-state index is -4.08. The first-order chi connectivity index (χ1) is 8.46. The van der Waals surface area contributed by atoms with E-state index in [0.717, 1.165) is 0 Å². The third-order valence-electron chi connectivity index (χ3n) is 2.60. The van der Waals surface area contributed by atoms with Crippen LogP contribution in [0.1, 0.15) is 12.8 Å². The number of nitrogens with zero attached hydrogens (tertiary/aromatic N) is 1. The van der Waals surface area contributed by atoms with Gasteiger partial charge in [0.1, 0.15) is 5.75 Å². The Balaban J connectivity index is 2.41. The first-order valence-corrected chi connectivity index (χ1v) is 6.66. The smallest absolute Gasteiger partial charge is 0.273 e. The number of benzene rings is 1. The van der Waals surface area contributed by atoms with Crippen molar-refractivity contribution in [2.45, 2.75) is 17.7 Å². The molecule has 1 fully saturated rings. The number of methoxy groups -OCH3 is 1. The lowest BCUT2D eigenvalue weighted by Crippen LogP contribution is -2.35. The molecule has 1 saturated heterocycles. The average Bonchev–Trinajstić information content (AvgIpc) is 2.69. The number of sulfonamides is 1. The van der Waals surface area contributed by atoms with Gasteiger partial charge in [-0.05, 0) is 24.3 Å². The first kappa shape index (κ1) is 12.6. The number of imide groups is 1. The average molecular weight is 269 g/mol. The molecule has 0 saturated carbocycles. The van der Waals surface area contributed by atoms with Crippen LogP contribution in [-0.2, 0) is 19.6 Å². The lowest BCUT2D eigenvalue weighted by atomic mass is 10.3. The van der Waals surface area contributed by atoms with E-state index < -0.39 is 21.8 Å². The Hall–Kier alpha value is -1.89. The Kier molecular flexibility index (Phi) is 3.08. The molecule has 6 nitrogen and oxygen atoms in total. The van der Waals surface area contributed by atoms with Crippen LogP contribution in [0.5, 0.6) is 5.75 Å². The van der Waals surface area contributed by atoms with Gasteiger partial charge in [0.15, 0.2) is 0 Å². The lowest BCUT2D eigenvalue weighted by molar-refractivity contribution is -0.132. The molecule has 2 amide bonds. The van der Waals surface area contributed by atoms with Crippen molar-refractivity contribution in [3.8, 4) is 5.75 Å². The molecule has 2 rings (SSSR count). The standard InChI is InChI=1S/C11H11NO5S/c1-17-8-2-4-9(5-3-8)18(15,16)12-10(13)6-7-11(12)14/h2-5H,6-7H2,1H3. The molecule has 0 radical (unpaired) electrons. The van der Waals surface area contributed by atoms with E-state index in [0.29, 0.717) is 10.1 Å². The minimum absolute atomic E-state index is 0.0613. The topological polar surface area (TPSA) is 80.8 Å². The fraction of sp³-hybridized carbons (Fsp3) is 0.273. The van der Waals surface area contributed by atoms with Gasteiger partial charge in [-0.3, -0.25) is 9.59 Å². The normalized spacial score (nSPS) is 16.2. The molecular weight excluding hydrogens is 258 g/mol. The summed E-state index contributed by atoms with van der Waals surface area (Å²) in [5, 5.41) is 0. The maximum absolute atomic E-state index is 12.1. The monoisotopic (exact) mass is 269 g/mol. The quantitative estimate of drug-likeness (QED) is 0.748. The summed E-state index contributed by atoms with van der Waals surface area (Å²) in [7, 11) is -2.63. The second-order valence-electron chi connectivity index (χ2n) is 3.73. The van der Waals surface area contributed by atoms with Gasteiger partial charge >= 0.3 is 0 Å². The highest BCUT2D eigenvalue weighted by Gasteiger charge is 2.39. The van der Waals surface area contributed by atoms with Crippen LogP contribution >= 0.6 is 0 Å². The van der Waals surface area contributed by atoms with E-state index in [4.69, 9.17) is 4.74 Å². The molecule has 1 aromatic carbocycles. The third kappa shape index (κ3) is 1.97. The summed E-state index contributed by atoms with van der Waals surface area (Å²) >= 11 is 0. The number of hydrogen-bond donors (Lipinski definition) is 0. The van der Waals surface area contributed by atoms with Gasteiger partial charge in [-0.25, -0.2) is 8.42 Å². The fourth-order valence-electron chi connectivity index (χ4n) is 1.68. The highest BCUT2D eigenvalue weighted by atomic mass is 32.2. The van der Waals surface area contributed by atoms with Crippen molar-refractivity contribution < 1.29 is 22.7 Å². The summed E-state index contributed by atoms with van der Waals surface area (Å²) in [5.41, 5.74) is 0. The van der Waals surface area contributed by atoms with Crippen LogP contribution < -0.4 is 4.74 Å². The van der Waals surface area contributed by atoms with Crippen molar-refractivity contribution in [3.05, 3.63) is 24.3 Å². The van der Waals surface area contributed by atoms with Gasteiger partial charge in [-0.1, -0.05) is 0 Å². The summed E-state index contributed by atoms with van der Waals surface area (Å²) in [6, 6.07) is 5.51. The summed E-state index contributed by atoms with van der Waals surface area (Å²) in [4.78, 5) is 22.8. The maximum Gasteiger partial charge on any atom is 0.273 e. The molecule has 0 atom stereocenters. The molecule has 0 aliphatic carbocycles. The zero-order valence-electron chi connectivity index (χ0n) is 9.62. The van der Waals surface area contributed by atoms with Crippen molar-refractivity contribution in [2.75, 3.05) is 7.11 Å². The van der Waals surface area contributed by atoms with E-state index in [1.807, 2.05) is 0 Å². The Morgan fingerprint density at radius 3 is 2.00 bits per heavy atom. The number of ether oxygens (including phenoxy) is 1. The molecule has 1 aliphatic rings. The Morgan fingerprint density at radius 1 is 1.06 bits per heavy atom. The van der Waals surface area contributed by atoms with Crippen LogP contribution in [0.25, 0.3) is 0 Å². The molecule has 18 heavy (non-hydrogen) atoms. The van der Waals surface area contributed by atoms with Crippen molar-refractivity contribution in [2.24, 2.45) is 0 Å². The molecule has 0 N–H and O–H groups in total. The molecule has 96 valence electrons. The molecule has 0 unspecified atom stereocenters. The molecule has 1 heterocycles. The molecule has 0 bridgehead atoms. The highest BCUT2D eigenvalue weighted by Crippen LogP contribution is 2.24. The van der Waals surface area contributed by atoms with Crippen LogP contribution in [0.15, 0.2) is 29.2 Å². The van der Waals surface area contributed by atoms with Crippen LogP contribution in [0.4, 0.5) is 0 Å². The van der Waals surface area contributed by atoms with Gasteiger partial charge in [0.25, 0.3) is 10.0 Å². The number of hydrogen-bond acceptors (Lipinski definition) is 5. The SMILES string of the molecule is COc1ccc(S(=O)(=O)N2C(=O)CCC2=O)cc1. The molecule has 0 aromatic heterocycles. The largest absolute Gasteiger partial charge is 0.497 e. The van der Waals surface area contributed by atoms with Gasteiger partial charge in [-0.15, -0.1) is 0 Å². The van der Waals surface area contributed by atoms with Crippen LogP contribution in [0, 0.1) is 0 Å². The summed E-state index contributed by atoms with van der Waals surface area (Å²) < 4.78 is 29.4. The molecule has 0 spiro atoms. The minimum Gasteiger partial charge on any atom is -0.497 e. The van der Waals surface area contributed by atoms with Crippen LogP contribution in [0.3, 0.4) is 0 Å². The maximum atomic E-state index is 12.1. The number of carbonyl (C=O) groups excluding carboxylic acids is 2. The van der Waals surface area contributed by atoms with Gasteiger partial charge in [0.2, 0.25) is 11.8 Å².